The first-order chi connectivity index (χ1) is 26.0. The van der Waals surface area contributed by atoms with Crippen molar-refractivity contribution in [2.24, 2.45) is 0 Å². The summed E-state index contributed by atoms with van der Waals surface area (Å²) < 4.78 is 0. The molecule has 5 heteroatoms. The second-order valence-electron chi connectivity index (χ2n) is 16.4. The Morgan fingerprint density at radius 2 is 0.792 bits per heavy atom. The Morgan fingerprint density at radius 3 is 1.15 bits per heavy atom. The van der Waals surface area contributed by atoms with Crippen LogP contribution in [0.4, 0.5) is 0 Å². The molecular weight excluding hydrogens is 655 g/mol. The van der Waals surface area contributed by atoms with Gasteiger partial charge in [0.1, 0.15) is 0 Å². The van der Waals surface area contributed by atoms with Crippen molar-refractivity contribution in [2.75, 3.05) is 6.61 Å². The van der Waals surface area contributed by atoms with Crippen LogP contribution in [0.3, 0.4) is 0 Å². The molecule has 0 aromatic carbocycles. The Hall–Kier alpha value is -1.17. The molecule has 0 saturated carbocycles. The van der Waals surface area contributed by atoms with Gasteiger partial charge in [-0.05, 0) is 44.9 Å². The van der Waals surface area contributed by atoms with E-state index in [0.29, 0.717) is 6.42 Å². The van der Waals surface area contributed by atoms with Crippen LogP contribution in [-0.2, 0) is 4.79 Å². The number of allylic oxidation sites excluding steroid dienone is 3. The van der Waals surface area contributed by atoms with Gasteiger partial charge < -0.3 is 20.6 Å². The molecule has 0 radical (unpaired) electrons. The summed E-state index contributed by atoms with van der Waals surface area (Å²) in [6, 6.07) is -0.747. The monoisotopic (exact) mass is 748 g/mol. The number of aliphatic hydroxyl groups is 3. The van der Waals surface area contributed by atoms with Gasteiger partial charge in [-0.3, -0.25) is 4.79 Å². The highest BCUT2D eigenvalue weighted by atomic mass is 16.3. The molecule has 0 heterocycles. The number of rotatable bonds is 43. The fourth-order valence-corrected chi connectivity index (χ4v) is 7.34. The quantitative estimate of drug-likeness (QED) is 0.0369. The highest BCUT2D eigenvalue weighted by Gasteiger charge is 2.20. The summed E-state index contributed by atoms with van der Waals surface area (Å²) in [5, 5.41) is 33.2. The highest BCUT2D eigenvalue weighted by Crippen LogP contribution is 2.16. The summed E-state index contributed by atoms with van der Waals surface area (Å²) >= 11 is 0. The molecule has 0 spiro atoms. The molecule has 0 rings (SSSR count). The minimum absolute atomic E-state index is 0.00472. The van der Waals surface area contributed by atoms with Gasteiger partial charge in [0.15, 0.2) is 0 Å². The highest BCUT2D eigenvalue weighted by molar-refractivity contribution is 5.76. The van der Waals surface area contributed by atoms with Crippen molar-refractivity contribution in [1.29, 1.82) is 0 Å². The molecule has 0 aromatic rings. The van der Waals surface area contributed by atoms with Crippen molar-refractivity contribution in [3.8, 4) is 0 Å². The first-order valence-corrected chi connectivity index (χ1v) is 23.6. The number of hydrogen-bond donors (Lipinski definition) is 4. The lowest BCUT2D eigenvalue weighted by Gasteiger charge is -2.21. The number of carbonyl (C=O) groups excluding carboxylic acids is 1. The number of hydrogen-bond acceptors (Lipinski definition) is 4. The lowest BCUT2D eigenvalue weighted by molar-refractivity contribution is -0.124. The number of nitrogens with one attached hydrogen (secondary N) is 1. The summed E-state index contributed by atoms with van der Waals surface area (Å²) in [7, 11) is 0. The third kappa shape index (κ3) is 40.3. The zero-order chi connectivity index (χ0) is 38.7. The number of unbranched alkanes of at least 4 members (excludes halogenated alkanes) is 32. The van der Waals surface area contributed by atoms with Crippen molar-refractivity contribution in [2.45, 2.75) is 270 Å². The number of carbonyl (C=O) groups is 1. The predicted octanol–water partition coefficient (Wildman–Crippen LogP) is 13.8. The van der Waals surface area contributed by atoms with E-state index in [1.54, 1.807) is 6.08 Å². The Bertz CT molecular complexity index is 784. The van der Waals surface area contributed by atoms with Crippen molar-refractivity contribution < 1.29 is 20.1 Å². The first-order valence-electron chi connectivity index (χ1n) is 23.6. The maximum Gasteiger partial charge on any atom is 0.222 e. The molecule has 4 N–H and O–H groups in total. The fourth-order valence-electron chi connectivity index (χ4n) is 7.34. The molecule has 0 bridgehead atoms. The minimum Gasteiger partial charge on any atom is -0.394 e. The van der Waals surface area contributed by atoms with Crippen LogP contribution in [0.1, 0.15) is 251 Å². The van der Waals surface area contributed by atoms with Gasteiger partial charge in [0, 0.05) is 0 Å². The topological polar surface area (TPSA) is 89.8 Å². The molecule has 1 amide bonds. The maximum absolute atomic E-state index is 12.4. The van der Waals surface area contributed by atoms with E-state index < -0.39 is 18.2 Å². The molecule has 5 nitrogen and oxygen atoms in total. The van der Waals surface area contributed by atoms with Gasteiger partial charge >= 0.3 is 0 Å². The molecule has 0 fully saturated rings. The molecule has 53 heavy (non-hydrogen) atoms. The zero-order valence-electron chi connectivity index (χ0n) is 35.7. The van der Waals surface area contributed by atoms with Crippen molar-refractivity contribution in [3.05, 3.63) is 24.3 Å². The Morgan fingerprint density at radius 1 is 0.472 bits per heavy atom. The van der Waals surface area contributed by atoms with Gasteiger partial charge in [-0.15, -0.1) is 0 Å². The maximum atomic E-state index is 12.4. The third-order valence-electron chi connectivity index (χ3n) is 11.0. The van der Waals surface area contributed by atoms with Crippen LogP contribution >= 0.6 is 0 Å². The van der Waals surface area contributed by atoms with E-state index in [1.807, 2.05) is 6.08 Å². The van der Waals surface area contributed by atoms with E-state index >= 15 is 0 Å². The third-order valence-corrected chi connectivity index (χ3v) is 11.0. The summed E-state index contributed by atoms with van der Waals surface area (Å²) in [5.41, 5.74) is 0. The molecule has 0 aliphatic heterocycles. The average molecular weight is 748 g/mol. The van der Waals surface area contributed by atoms with E-state index in [1.165, 1.54) is 186 Å². The summed E-state index contributed by atoms with van der Waals surface area (Å²) in [4.78, 5) is 12.4. The van der Waals surface area contributed by atoms with Crippen LogP contribution in [0.5, 0.6) is 0 Å². The second-order valence-corrected chi connectivity index (χ2v) is 16.4. The van der Waals surface area contributed by atoms with Gasteiger partial charge in [0.25, 0.3) is 0 Å². The standard InChI is InChI=1S/C48H93NO4/c1-3-5-7-9-11-13-15-17-19-20-21-22-23-24-25-26-27-28-30-32-34-36-38-40-42-47(52)46(44-50)49-48(53)43-45(51)41-39-37-35-33-31-29-18-16-14-12-10-8-6-4-2/h29,31,40,42,45-47,50-52H,3-28,30,32-39,41,43-44H2,1-2H3,(H,49,53)/b31-29-,42-40+. The minimum atomic E-state index is -0.931. The molecule has 0 aromatic heterocycles. The SMILES string of the molecule is CCCCCCCCC/C=C\CCCCCC(O)CC(=O)NC(CO)C(O)/C=C/CCCCCCCCCCCCCCCCCCCCCCCC. The summed E-state index contributed by atoms with van der Waals surface area (Å²) in [6.07, 6.45) is 53.3. The van der Waals surface area contributed by atoms with E-state index in [0.717, 1.165) is 38.5 Å². The molecule has 3 atom stereocenters. The van der Waals surface area contributed by atoms with Crippen LogP contribution in [0, 0.1) is 0 Å². The Kier molecular flexibility index (Phi) is 42.6. The lowest BCUT2D eigenvalue weighted by atomic mass is 10.0. The van der Waals surface area contributed by atoms with Crippen molar-refractivity contribution >= 4 is 5.91 Å². The van der Waals surface area contributed by atoms with E-state index in [4.69, 9.17) is 0 Å². The van der Waals surface area contributed by atoms with E-state index in [9.17, 15) is 20.1 Å². The smallest absolute Gasteiger partial charge is 0.222 e. The summed E-state index contributed by atoms with van der Waals surface area (Å²) in [5.74, 6) is -0.322. The normalized spacial score (nSPS) is 13.7. The van der Waals surface area contributed by atoms with Crippen LogP contribution in [-0.4, -0.2) is 46.1 Å². The predicted molar refractivity (Wildman–Crippen MR) is 231 cm³/mol. The first kappa shape index (κ1) is 51.8. The van der Waals surface area contributed by atoms with E-state index in [2.05, 4.69) is 31.3 Å². The fraction of sp³-hybridized carbons (Fsp3) is 0.896. The van der Waals surface area contributed by atoms with Gasteiger partial charge in [-0.2, -0.15) is 0 Å². The number of amides is 1. The van der Waals surface area contributed by atoms with Gasteiger partial charge in [-0.25, -0.2) is 0 Å². The van der Waals surface area contributed by atoms with Crippen molar-refractivity contribution in [3.63, 3.8) is 0 Å². The second kappa shape index (κ2) is 43.6. The van der Waals surface area contributed by atoms with Crippen LogP contribution in [0.25, 0.3) is 0 Å². The molecule has 314 valence electrons. The molecular formula is C48H93NO4. The van der Waals surface area contributed by atoms with Crippen LogP contribution < -0.4 is 5.32 Å². The van der Waals surface area contributed by atoms with Gasteiger partial charge in [0.2, 0.25) is 5.91 Å². The average Bonchev–Trinajstić information content (AvgIpc) is 3.15. The van der Waals surface area contributed by atoms with E-state index in [-0.39, 0.29) is 18.9 Å². The summed E-state index contributed by atoms with van der Waals surface area (Å²) in [6.45, 7) is 4.22. The lowest BCUT2D eigenvalue weighted by Crippen LogP contribution is -2.45. The Labute approximate surface area is 331 Å². The molecule has 3 unspecified atom stereocenters. The van der Waals surface area contributed by atoms with Crippen LogP contribution in [0.15, 0.2) is 24.3 Å². The Balaban J connectivity index is 3.62. The largest absolute Gasteiger partial charge is 0.394 e. The number of aliphatic hydroxyl groups excluding tert-OH is 3. The van der Waals surface area contributed by atoms with Gasteiger partial charge in [0.05, 0.1) is 31.3 Å². The molecule has 0 aliphatic carbocycles. The molecule has 0 saturated heterocycles. The van der Waals surface area contributed by atoms with Crippen molar-refractivity contribution in [1.82, 2.24) is 5.32 Å². The zero-order valence-corrected chi connectivity index (χ0v) is 35.7. The van der Waals surface area contributed by atoms with Crippen LogP contribution in [0.2, 0.25) is 0 Å². The van der Waals surface area contributed by atoms with Gasteiger partial charge in [-0.1, -0.05) is 224 Å². The molecule has 0 aliphatic rings.